The van der Waals surface area contributed by atoms with Crippen molar-refractivity contribution in [2.75, 3.05) is 4.90 Å². The second-order valence-electron chi connectivity index (χ2n) is 11.6. The third-order valence-corrected chi connectivity index (χ3v) is 8.16. The molecular weight excluding hydrogens is 434 g/mol. The van der Waals surface area contributed by atoms with Gasteiger partial charge in [0.15, 0.2) is 0 Å². The third kappa shape index (κ3) is 4.98. The maximum absolute atomic E-state index is 2.49. The Balaban J connectivity index is 1.68. The molecule has 0 aliphatic rings. The van der Waals surface area contributed by atoms with Gasteiger partial charge in [-0.3, -0.25) is 0 Å². The Morgan fingerprint density at radius 2 is 0.750 bits per heavy atom. The monoisotopic (exact) mass is 475 g/mol. The van der Waals surface area contributed by atoms with Gasteiger partial charge in [-0.25, -0.2) is 0 Å². The SMILES string of the molecule is CCC(C)(C)N(c1ccc(C(C)(C)c2ccccc2)cc1)c1ccc(C(C)(C)c2ccccc2)cc1. The standard InChI is InChI=1S/C35H41N/c1-8-33(2,3)36(31-23-19-29(20-24-31)34(4,5)27-15-11-9-12-16-27)32-25-21-30(22-26-32)35(6,7)28-17-13-10-14-18-28/h9-26H,8H2,1-7H3. The molecule has 0 saturated heterocycles. The molecule has 0 radical (unpaired) electrons. The van der Waals surface area contributed by atoms with Gasteiger partial charge in [0, 0.05) is 27.7 Å². The van der Waals surface area contributed by atoms with Gasteiger partial charge in [0.1, 0.15) is 0 Å². The van der Waals surface area contributed by atoms with Crippen molar-refractivity contribution in [3.63, 3.8) is 0 Å². The van der Waals surface area contributed by atoms with Crippen LogP contribution in [0.1, 0.15) is 77.1 Å². The van der Waals surface area contributed by atoms with E-state index in [1.807, 2.05) is 0 Å². The summed E-state index contributed by atoms with van der Waals surface area (Å²) in [6, 6.07) is 39.9. The van der Waals surface area contributed by atoms with Crippen LogP contribution in [0.15, 0.2) is 109 Å². The number of nitrogens with zero attached hydrogens (tertiary/aromatic N) is 1. The highest BCUT2D eigenvalue weighted by molar-refractivity contribution is 5.67. The highest BCUT2D eigenvalue weighted by Crippen LogP contribution is 2.39. The van der Waals surface area contributed by atoms with Crippen molar-refractivity contribution in [1.82, 2.24) is 0 Å². The summed E-state index contributed by atoms with van der Waals surface area (Å²) in [5.41, 5.74) is 7.66. The molecule has 0 N–H and O–H groups in total. The van der Waals surface area contributed by atoms with Gasteiger partial charge < -0.3 is 4.90 Å². The molecule has 0 aliphatic carbocycles. The first kappa shape index (κ1) is 25.8. The molecule has 0 amide bonds. The van der Waals surface area contributed by atoms with E-state index >= 15 is 0 Å². The Kier molecular flexibility index (Phi) is 7.14. The second-order valence-corrected chi connectivity index (χ2v) is 11.6. The fraction of sp³-hybridized carbons (Fsp3) is 0.314. The fourth-order valence-electron chi connectivity index (χ4n) is 5.10. The van der Waals surface area contributed by atoms with Crippen molar-refractivity contribution in [2.24, 2.45) is 0 Å². The molecule has 0 unspecified atom stereocenters. The smallest absolute Gasteiger partial charge is 0.0416 e. The summed E-state index contributed by atoms with van der Waals surface area (Å²) in [6.07, 6.45) is 1.04. The van der Waals surface area contributed by atoms with Crippen LogP contribution in [0, 0.1) is 0 Å². The van der Waals surface area contributed by atoms with Crippen molar-refractivity contribution >= 4 is 11.4 Å². The molecule has 0 aliphatic heterocycles. The maximum Gasteiger partial charge on any atom is 0.0416 e. The molecule has 4 rings (SSSR count). The van der Waals surface area contributed by atoms with Crippen LogP contribution in [0.25, 0.3) is 0 Å². The van der Waals surface area contributed by atoms with E-state index < -0.39 is 0 Å². The van der Waals surface area contributed by atoms with Crippen LogP contribution in [0.4, 0.5) is 11.4 Å². The highest BCUT2D eigenvalue weighted by Gasteiger charge is 2.29. The lowest BCUT2D eigenvalue weighted by atomic mass is 9.78. The van der Waals surface area contributed by atoms with Gasteiger partial charge in [0.25, 0.3) is 0 Å². The first-order chi connectivity index (χ1) is 17.1. The van der Waals surface area contributed by atoms with E-state index in [1.54, 1.807) is 0 Å². The molecule has 0 spiro atoms. The Bertz CT molecular complexity index is 1150. The van der Waals surface area contributed by atoms with Gasteiger partial charge in [0.2, 0.25) is 0 Å². The van der Waals surface area contributed by atoms with E-state index in [4.69, 9.17) is 0 Å². The average molecular weight is 476 g/mol. The lowest BCUT2D eigenvalue weighted by Gasteiger charge is -2.41. The molecule has 0 atom stereocenters. The van der Waals surface area contributed by atoms with Gasteiger partial charge in [-0.2, -0.15) is 0 Å². The van der Waals surface area contributed by atoms with Crippen LogP contribution in [0.5, 0.6) is 0 Å². The van der Waals surface area contributed by atoms with Gasteiger partial charge in [-0.15, -0.1) is 0 Å². The summed E-state index contributed by atoms with van der Waals surface area (Å²) in [7, 11) is 0. The largest absolute Gasteiger partial charge is 0.336 e. The minimum Gasteiger partial charge on any atom is -0.336 e. The zero-order valence-corrected chi connectivity index (χ0v) is 23.0. The fourth-order valence-corrected chi connectivity index (χ4v) is 5.10. The first-order valence-electron chi connectivity index (χ1n) is 13.2. The van der Waals surface area contributed by atoms with E-state index in [0.717, 1.165) is 6.42 Å². The predicted octanol–water partition coefficient (Wildman–Crippen LogP) is 9.67. The minimum atomic E-state index is -0.0461. The van der Waals surface area contributed by atoms with Crippen LogP contribution >= 0.6 is 0 Å². The molecule has 0 fully saturated rings. The first-order valence-corrected chi connectivity index (χ1v) is 13.2. The number of hydrogen-bond acceptors (Lipinski definition) is 1. The number of rotatable bonds is 8. The summed E-state index contributed by atoms with van der Waals surface area (Å²) < 4.78 is 0. The molecule has 4 aromatic carbocycles. The molecule has 186 valence electrons. The van der Waals surface area contributed by atoms with Crippen LogP contribution in [0.3, 0.4) is 0 Å². The van der Waals surface area contributed by atoms with E-state index in [9.17, 15) is 0 Å². The molecular formula is C35H41N. The van der Waals surface area contributed by atoms with Crippen molar-refractivity contribution in [3.8, 4) is 0 Å². The molecule has 0 saturated carbocycles. The van der Waals surface area contributed by atoms with Crippen LogP contribution in [0.2, 0.25) is 0 Å². The summed E-state index contributed by atoms with van der Waals surface area (Å²) in [5.74, 6) is 0. The Hall–Kier alpha value is -3.32. The molecule has 4 aromatic rings. The van der Waals surface area contributed by atoms with Gasteiger partial charge in [0.05, 0.1) is 0 Å². The lowest BCUT2D eigenvalue weighted by Crippen LogP contribution is -2.40. The van der Waals surface area contributed by atoms with Crippen molar-refractivity contribution in [1.29, 1.82) is 0 Å². The molecule has 1 heteroatoms. The maximum atomic E-state index is 2.49. The number of anilines is 2. The minimum absolute atomic E-state index is 0.0209. The lowest BCUT2D eigenvalue weighted by molar-refractivity contribution is 0.488. The van der Waals surface area contributed by atoms with Crippen molar-refractivity contribution in [2.45, 2.75) is 71.3 Å². The molecule has 36 heavy (non-hydrogen) atoms. The normalized spacial score (nSPS) is 12.4. The van der Waals surface area contributed by atoms with Gasteiger partial charge in [-0.1, -0.05) is 120 Å². The van der Waals surface area contributed by atoms with Crippen molar-refractivity contribution in [3.05, 3.63) is 131 Å². The number of benzene rings is 4. The third-order valence-electron chi connectivity index (χ3n) is 8.16. The Morgan fingerprint density at radius 1 is 0.444 bits per heavy atom. The molecule has 0 aromatic heterocycles. The predicted molar refractivity (Wildman–Crippen MR) is 157 cm³/mol. The van der Waals surface area contributed by atoms with E-state index in [1.165, 1.54) is 33.6 Å². The quantitative estimate of drug-likeness (QED) is 0.245. The zero-order chi connectivity index (χ0) is 26.0. The second kappa shape index (κ2) is 9.97. The zero-order valence-electron chi connectivity index (χ0n) is 23.0. The van der Waals surface area contributed by atoms with Crippen molar-refractivity contribution < 1.29 is 0 Å². The van der Waals surface area contributed by atoms with Crippen LogP contribution < -0.4 is 4.90 Å². The van der Waals surface area contributed by atoms with E-state index in [0.29, 0.717) is 0 Å². The molecule has 1 nitrogen and oxygen atoms in total. The molecule has 0 bridgehead atoms. The average Bonchev–Trinajstić information content (AvgIpc) is 2.90. The Morgan fingerprint density at radius 3 is 1.06 bits per heavy atom. The number of hydrogen-bond donors (Lipinski definition) is 0. The van der Waals surface area contributed by atoms with Gasteiger partial charge >= 0.3 is 0 Å². The topological polar surface area (TPSA) is 3.24 Å². The van der Waals surface area contributed by atoms with E-state index in [2.05, 4.69) is 163 Å². The summed E-state index contributed by atoms with van der Waals surface area (Å²) in [4.78, 5) is 2.49. The van der Waals surface area contributed by atoms with Crippen LogP contribution in [-0.4, -0.2) is 5.54 Å². The summed E-state index contributed by atoms with van der Waals surface area (Å²) >= 11 is 0. The van der Waals surface area contributed by atoms with Crippen LogP contribution in [-0.2, 0) is 10.8 Å². The van der Waals surface area contributed by atoms with E-state index in [-0.39, 0.29) is 16.4 Å². The highest BCUT2D eigenvalue weighted by atomic mass is 15.2. The molecule has 0 heterocycles. The summed E-state index contributed by atoms with van der Waals surface area (Å²) in [5, 5.41) is 0. The summed E-state index contributed by atoms with van der Waals surface area (Å²) in [6.45, 7) is 16.1. The van der Waals surface area contributed by atoms with Gasteiger partial charge in [-0.05, 0) is 66.8 Å². The Labute approximate surface area is 218 Å².